The highest BCUT2D eigenvalue weighted by Gasteiger charge is 2.26. The summed E-state index contributed by atoms with van der Waals surface area (Å²) in [6, 6.07) is 4.67. The van der Waals surface area contributed by atoms with E-state index in [-0.39, 0.29) is 5.91 Å². The lowest BCUT2D eigenvalue weighted by Gasteiger charge is -2.32. The zero-order chi connectivity index (χ0) is 19.1. The quantitative estimate of drug-likeness (QED) is 0.576. The van der Waals surface area contributed by atoms with Gasteiger partial charge in [0.25, 0.3) is 0 Å². The van der Waals surface area contributed by atoms with Crippen LogP contribution in [-0.2, 0) is 11.3 Å². The molecule has 2 aliphatic rings. The Balaban J connectivity index is 1.35. The van der Waals surface area contributed by atoms with Crippen LogP contribution in [-0.4, -0.2) is 67.5 Å². The van der Waals surface area contributed by atoms with E-state index in [2.05, 4.69) is 38.0 Å². The van der Waals surface area contributed by atoms with E-state index >= 15 is 0 Å². The number of guanidine groups is 1. The second-order valence-corrected chi connectivity index (χ2v) is 8.61. The summed E-state index contributed by atoms with van der Waals surface area (Å²) in [5.41, 5.74) is 0. The topological polar surface area (TPSA) is 60.0 Å². The SMILES string of the molecule is CCC(=O)N1CCC(NC(=NC)NCC2CCN(Cc3cccs3)CC2)C1. The summed E-state index contributed by atoms with van der Waals surface area (Å²) >= 11 is 1.85. The van der Waals surface area contributed by atoms with Crippen molar-refractivity contribution in [3.8, 4) is 0 Å². The Hall–Kier alpha value is -1.60. The summed E-state index contributed by atoms with van der Waals surface area (Å²) in [4.78, 5) is 22.2. The number of amides is 1. The van der Waals surface area contributed by atoms with Crippen LogP contribution in [0.3, 0.4) is 0 Å². The zero-order valence-electron chi connectivity index (χ0n) is 16.6. The number of nitrogens with one attached hydrogen (secondary N) is 2. The molecule has 27 heavy (non-hydrogen) atoms. The molecule has 1 aromatic rings. The molecule has 2 aliphatic heterocycles. The maximum atomic E-state index is 11.8. The van der Waals surface area contributed by atoms with E-state index in [1.165, 1.54) is 30.8 Å². The Bertz CT molecular complexity index is 610. The minimum absolute atomic E-state index is 0.247. The number of hydrogen-bond donors (Lipinski definition) is 2. The molecule has 1 amide bonds. The molecule has 0 spiro atoms. The van der Waals surface area contributed by atoms with Crippen molar-refractivity contribution < 1.29 is 4.79 Å². The predicted molar refractivity (Wildman–Crippen MR) is 112 cm³/mol. The third kappa shape index (κ3) is 5.94. The minimum Gasteiger partial charge on any atom is -0.356 e. The lowest BCUT2D eigenvalue weighted by Crippen LogP contribution is -2.47. The molecule has 3 heterocycles. The molecule has 6 nitrogen and oxygen atoms in total. The first kappa shape index (κ1) is 20.1. The van der Waals surface area contributed by atoms with Crippen molar-refractivity contribution in [3.05, 3.63) is 22.4 Å². The van der Waals surface area contributed by atoms with E-state index in [0.717, 1.165) is 38.6 Å². The summed E-state index contributed by atoms with van der Waals surface area (Å²) in [6.45, 7) is 7.97. The van der Waals surface area contributed by atoms with Crippen LogP contribution in [0, 0.1) is 5.92 Å². The first-order chi connectivity index (χ1) is 13.2. The lowest BCUT2D eigenvalue weighted by molar-refractivity contribution is -0.129. The van der Waals surface area contributed by atoms with Gasteiger partial charge in [-0.15, -0.1) is 11.3 Å². The molecule has 0 aliphatic carbocycles. The van der Waals surface area contributed by atoms with Gasteiger partial charge in [-0.1, -0.05) is 13.0 Å². The highest BCUT2D eigenvalue weighted by atomic mass is 32.1. The van der Waals surface area contributed by atoms with Gasteiger partial charge in [0, 0.05) is 50.6 Å². The van der Waals surface area contributed by atoms with Gasteiger partial charge in [0.15, 0.2) is 5.96 Å². The molecule has 0 saturated carbocycles. The summed E-state index contributed by atoms with van der Waals surface area (Å²) in [6.07, 6.45) is 4.05. The third-order valence-electron chi connectivity index (χ3n) is 5.63. The number of hydrogen-bond acceptors (Lipinski definition) is 4. The number of thiophene rings is 1. The molecule has 2 N–H and O–H groups in total. The Kier molecular flexibility index (Phi) is 7.52. The largest absolute Gasteiger partial charge is 0.356 e. The maximum Gasteiger partial charge on any atom is 0.222 e. The van der Waals surface area contributed by atoms with E-state index in [9.17, 15) is 4.79 Å². The van der Waals surface area contributed by atoms with Crippen molar-refractivity contribution >= 4 is 23.2 Å². The molecule has 0 bridgehead atoms. The second kappa shape index (κ2) is 10.1. The first-order valence-corrected chi connectivity index (χ1v) is 11.1. The van der Waals surface area contributed by atoms with Crippen LogP contribution in [0.5, 0.6) is 0 Å². The van der Waals surface area contributed by atoms with Gasteiger partial charge in [-0.25, -0.2) is 0 Å². The highest BCUT2D eigenvalue weighted by Crippen LogP contribution is 2.20. The number of aliphatic imine (C=N–C) groups is 1. The summed E-state index contributed by atoms with van der Waals surface area (Å²) in [5, 5.41) is 9.15. The highest BCUT2D eigenvalue weighted by molar-refractivity contribution is 7.09. The summed E-state index contributed by atoms with van der Waals surface area (Å²) in [5.74, 6) is 1.81. The third-order valence-corrected chi connectivity index (χ3v) is 6.49. The van der Waals surface area contributed by atoms with Crippen molar-refractivity contribution in [2.75, 3.05) is 39.8 Å². The van der Waals surface area contributed by atoms with Gasteiger partial charge in [0.05, 0.1) is 0 Å². The number of carbonyl (C=O) groups excluding carboxylic acids is 1. The molecule has 1 atom stereocenters. The molecule has 0 aromatic carbocycles. The van der Waals surface area contributed by atoms with E-state index < -0.39 is 0 Å². The Morgan fingerprint density at radius 3 is 2.78 bits per heavy atom. The van der Waals surface area contributed by atoms with Gasteiger partial charge in [0.1, 0.15) is 0 Å². The predicted octanol–water partition coefficient (Wildman–Crippen LogP) is 2.14. The Labute approximate surface area is 167 Å². The standard InChI is InChI=1S/C20H33N5OS/c1-3-19(26)25-11-8-17(14-25)23-20(21-2)22-13-16-6-9-24(10-7-16)15-18-5-4-12-27-18/h4-5,12,16-17H,3,6-11,13-15H2,1-2H3,(H2,21,22,23). The molecule has 150 valence electrons. The summed E-state index contributed by atoms with van der Waals surface area (Å²) < 4.78 is 0. The van der Waals surface area contributed by atoms with Crippen LogP contribution in [0.2, 0.25) is 0 Å². The van der Waals surface area contributed by atoms with Gasteiger partial charge >= 0.3 is 0 Å². The van der Waals surface area contributed by atoms with Crippen LogP contribution >= 0.6 is 11.3 Å². The number of likely N-dealkylation sites (tertiary alicyclic amines) is 2. The van der Waals surface area contributed by atoms with Crippen LogP contribution in [0.15, 0.2) is 22.5 Å². The van der Waals surface area contributed by atoms with Crippen molar-refractivity contribution in [2.45, 2.75) is 45.2 Å². The van der Waals surface area contributed by atoms with Gasteiger partial charge in [-0.2, -0.15) is 0 Å². The van der Waals surface area contributed by atoms with Gasteiger partial charge in [-0.05, 0) is 49.7 Å². The maximum absolute atomic E-state index is 11.8. The number of nitrogens with zero attached hydrogens (tertiary/aromatic N) is 3. The van der Waals surface area contributed by atoms with E-state index in [0.29, 0.717) is 18.4 Å². The fourth-order valence-electron chi connectivity index (χ4n) is 3.93. The minimum atomic E-state index is 0.247. The first-order valence-electron chi connectivity index (χ1n) is 10.2. The second-order valence-electron chi connectivity index (χ2n) is 7.58. The smallest absolute Gasteiger partial charge is 0.222 e. The molecular formula is C20H33N5OS. The normalized spacial score (nSPS) is 22.2. The van der Waals surface area contributed by atoms with E-state index in [4.69, 9.17) is 0 Å². The van der Waals surface area contributed by atoms with Crippen molar-refractivity contribution in [1.82, 2.24) is 20.4 Å². The number of rotatable bonds is 6. The van der Waals surface area contributed by atoms with Crippen molar-refractivity contribution in [3.63, 3.8) is 0 Å². The lowest BCUT2D eigenvalue weighted by atomic mass is 9.97. The average Bonchev–Trinajstić information content (AvgIpc) is 3.37. The van der Waals surface area contributed by atoms with Crippen LogP contribution in [0.4, 0.5) is 0 Å². The molecular weight excluding hydrogens is 358 g/mol. The summed E-state index contributed by atoms with van der Waals surface area (Å²) in [7, 11) is 1.82. The Morgan fingerprint density at radius 2 is 2.11 bits per heavy atom. The fourth-order valence-corrected chi connectivity index (χ4v) is 4.67. The van der Waals surface area contributed by atoms with Gasteiger partial charge in [-0.3, -0.25) is 14.7 Å². The average molecular weight is 392 g/mol. The van der Waals surface area contributed by atoms with Gasteiger partial charge in [0.2, 0.25) is 5.91 Å². The molecule has 1 aromatic heterocycles. The molecule has 7 heteroatoms. The molecule has 0 radical (unpaired) electrons. The van der Waals surface area contributed by atoms with Crippen LogP contribution < -0.4 is 10.6 Å². The van der Waals surface area contributed by atoms with Crippen molar-refractivity contribution in [1.29, 1.82) is 0 Å². The zero-order valence-corrected chi connectivity index (χ0v) is 17.4. The molecule has 2 fully saturated rings. The van der Waals surface area contributed by atoms with Crippen molar-refractivity contribution in [2.24, 2.45) is 10.9 Å². The van der Waals surface area contributed by atoms with Crippen LogP contribution in [0.1, 0.15) is 37.5 Å². The van der Waals surface area contributed by atoms with E-state index in [1.807, 2.05) is 30.2 Å². The Morgan fingerprint density at radius 1 is 1.30 bits per heavy atom. The molecule has 3 rings (SSSR count). The number of piperidine rings is 1. The fraction of sp³-hybridized carbons (Fsp3) is 0.700. The van der Waals surface area contributed by atoms with Crippen LogP contribution in [0.25, 0.3) is 0 Å². The van der Waals surface area contributed by atoms with Gasteiger partial charge < -0.3 is 15.5 Å². The van der Waals surface area contributed by atoms with E-state index in [1.54, 1.807) is 0 Å². The molecule has 2 saturated heterocycles. The number of carbonyl (C=O) groups is 1. The monoisotopic (exact) mass is 391 g/mol. The molecule has 1 unspecified atom stereocenters.